The molecule has 33 heavy (non-hydrogen) atoms. The van der Waals surface area contributed by atoms with E-state index in [4.69, 9.17) is 16.2 Å². The number of carbonyl (C=O) groups excluding carboxylic acids is 3. The predicted octanol–water partition coefficient (Wildman–Crippen LogP) is 3.10. The Hall–Kier alpha value is -3.14. The highest BCUT2D eigenvalue weighted by Gasteiger charge is 2.35. The third-order valence-corrected chi connectivity index (χ3v) is 6.53. The SMILES string of the molecule is CCC[C@@H](C(=O)NC1CCCC1)N(C(=O)c1snc(C(N)=O)c1N)c1ccc(OCC)cc1. The van der Waals surface area contributed by atoms with Crippen LogP contribution in [0.2, 0.25) is 0 Å². The van der Waals surface area contributed by atoms with Gasteiger partial charge in [-0.1, -0.05) is 26.2 Å². The van der Waals surface area contributed by atoms with Gasteiger partial charge < -0.3 is 21.5 Å². The molecule has 1 aromatic heterocycles. The second-order valence-corrected chi connectivity index (χ2v) is 8.81. The van der Waals surface area contributed by atoms with Crippen molar-refractivity contribution in [2.45, 2.75) is 64.5 Å². The molecule has 3 rings (SSSR count). The lowest BCUT2D eigenvalue weighted by molar-refractivity contribution is -0.123. The molecular formula is C23H31N5O4S. The van der Waals surface area contributed by atoms with E-state index in [0.717, 1.165) is 37.2 Å². The van der Waals surface area contributed by atoms with Crippen molar-refractivity contribution in [1.29, 1.82) is 0 Å². The maximum absolute atomic E-state index is 13.7. The fourth-order valence-electron chi connectivity index (χ4n) is 4.07. The molecule has 1 fully saturated rings. The Balaban J connectivity index is 2.01. The van der Waals surface area contributed by atoms with Crippen molar-refractivity contribution >= 4 is 40.6 Å². The quantitative estimate of drug-likeness (QED) is 0.484. The largest absolute Gasteiger partial charge is 0.494 e. The van der Waals surface area contributed by atoms with Crippen molar-refractivity contribution < 1.29 is 19.1 Å². The Labute approximate surface area is 197 Å². The van der Waals surface area contributed by atoms with E-state index in [1.807, 2.05) is 13.8 Å². The van der Waals surface area contributed by atoms with Crippen LogP contribution in [0, 0.1) is 0 Å². The number of nitrogens with one attached hydrogen (secondary N) is 1. The number of primary amides is 1. The summed E-state index contributed by atoms with van der Waals surface area (Å²) in [5.41, 5.74) is 11.7. The summed E-state index contributed by atoms with van der Waals surface area (Å²) in [6.45, 7) is 4.36. The van der Waals surface area contributed by atoms with E-state index >= 15 is 0 Å². The summed E-state index contributed by atoms with van der Waals surface area (Å²) >= 11 is 0.804. The minimum atomic E-state index is -0.806. The number of hydrogen-bond acceptors (Lipinski definition) is 7. The van der Waals surface area contributed by atoms with Crippen LogP contribution in [0.4, 0.5) is 11.4 Å². The second kappa shape index (κ2) is 11.1. The zero-order chi connectivity index (χ0) is 24.0. The van der Waals surface area contributed by atoms with Crippen LogP contribution in [-0.4, -0.2) is 40.8 Å². The molecule has 1 atom stereocenters. The van der Waals surface area contributed by atoms with Crippen LogP contribution in [-0.2, 0) is 4.79 Å². The van der Waals surface area contributed by atoms with E-state index in [-0.39, 0.29) is 28.2 Å². The lowest BCUT2D eigenvalue weighted by Crippen LogP contribution is -2.51. The highest BCUT2D eigenvalue weighted by molar-refractivity contribution is 7.09. The number of nitrogen functional groups attached to an aromatic ring is 1. The molecule has 0 spiro atoms. The van der Waals surface area contributed by atoms with Gasteiger partial charge in [0.1, 0.15) is 16.7 Å². The number of rotatable bonds is 10. The summed E-state index contributed by atoms with van der Waals surface area (Å²) in [6, 6.07) is 6.34. The van der Waals surface area contributed by atoms with Crippen molar-refractivity contribution in [3.8, 4) is 5.75 Å². The first kappa shape index (κ1) is 24.5. The molecule has 1 saturated carbocycles. The number of ether oxygens (including phenoxy) is 1. The third-order valence-electron chi connectivity index (χ3n) is 5.68. The smallest absolute Gasteiger partial charge is 0.272 e. The van der Waals surface area contributed by atoms with Gasteiger partial charge in [-0.2, -0.15) is 4.37 Å². The maximum atomic E-state index is 13.7. The fraction of sp³-hybridized carbons (Fsp3) is 0.478. The average Bonchev–Trinajstić information content (AvgIpc) is 3.44. The minimum absolute atomic E-state index is 0.0695. The monoisotopic (exact) mass is 473 g/mol. The van der Waals surface area contributed by atoms with Gasteiger partial charge in [-0.3, -0.25) is 19.3 Å². The number of carbonyl (C=O) groups is 3. The molecule has 178 valence electrons. The normalized spacial score (nSPS) is 14.6. The zero-order valence-corrected chi connectivity index (χ0v) is 19.8. The van der Waals surface area contributed by atoms with E-state index in [1.165, 1.54) is 4.90 Å². The summed E-state index contributed by atoms with van der Waals surface area (Å²) in [5.74, 6) is -0.852. The first-order chi connectivity index (χ1) is 15.9. The van der Waals surface area contributed by atoms with Crippen molar-refractivity contribution in [1.82, 2.24) is 9.69 Å². The molecule has 0 bridgehead atoms. The number of nitrogens with zero attached hydrogens (tertiary/aromatic N) is 2. The Bertz CT molecular complexity index is 985. The van der Waals surface area contributed by atoms with E-state index in [0.29, 0.717) is 30.9 Å². The Morgan fingerprint density at radius 1 is 1.21 bits per heavy atom. The number of anilines is 2. The summed E-state index contributed by atoms with van der Waals surface area (Å²) in [5, 5.41) is 3.11. The van der Waals surface area contributed by atoms with Gasteiger partial charge in [0.05, 0.1) is 12.3 Å². The van der Waals surface area contributed by atoms with Gasteiger partial charge in [0.25, 0.3) is 11.8 Å². The molecule has 10 heteroatoms. The Morgan fingerprint density at radius 2 is 1.88 bits per heavy atom. The van der Waals surface area contributed by atoms with Gasteiger partial charge in [-0.05, 0) is 62.0 Å². The molecule has 5 N–H and O–H groups in total. The van der Waals surface area contributed by atoms with Crippen molar-refractivity contribution in [3.05, 3.63) is 34.8 Å². The molecule has 1 aliphatic carbocycles. The maximum Gasteiger partial charge on any atom is 0.272 e. The standard InChI is InChI=1S/C23H31N5O4S/c1-3-7-17(22(30)26-14-8-5-6-9-14)28(15-10-12-16(13-11-15)32-4-2)23(31)20-18(24)19(21(25)29)27-33-20/h10-14,17H,3-9,24H2,1-2H3,(H2,25,29)(H,26,30)/t17-/m0/s1. The lowest BCUT2D eigenvalue weighted by atomic mass is 10.1. The minimum Gasteiger partial charge on any atom is -0.494 e. The second-order valence-electron chi connectivity index (χ2n) is 8.03. The topological polar surface area (TPSA) is 141 Å². The van der Waals surface area contributed by atoms with Crippen LogP contribution in [0.5, 0.6) is 5.75 Å². The summed E-state index contributed by atoms with van der Waals surface area (Å²) < 4.78 is 9.47. The van der Waals surface area contributed by atoms with Crippen LogP contribution in [0.15, 0.2) is 24.3 Å². The molecule has 0 radical (unpaired) electrons. The first-order valence-electron chi connectivity index (χ1n) is 11.3. The van der Waals surface area contributed by atoms with Crippen LogP contribution < -0.4 is 26.4 Å². The zero-order valence-electron chi connectivity index (χ0n) is 19.0. The van der Waals surface area contributed by atoms with Gasteiger partial charge >= 0.3 is 0 Å². The molecule has 0 aliphatic heterocycles. The number of aromatic nitrogens is 1. The Kier molecular flexibility index (Phi) is 8.26. The average molecular weight is 474 g/mol. The van der Waals surface area contributed by atoms with E-state index in [1.54, 1.807) is 24.3 Å². The van der Waals surface area contributed by atoms with Crippen molar-refractivity contribution in [2.75, 3.05) is 17.2 Å². The molecule has 0 saturated heterocycles. The van der Waals surface area contributed by atoms with E-state index in [2.05, 4.69) is 9.69 Å². The molecule has 2 aromatic rings. The summed E-state index contributed by atoms with van der Waals surface area (Å²) in [4.78, 5) is 40.2. The fourth-order valence-corrected chi connectivity index (χ4v) is 4.81. The van der Waals surface area contributed by atoms with E-state index < -0.39 is 17.9 Å². The molecule has 1 aromatic carbocycles. The van der Waals surface area contributed by atoms with Crippen LogP contribution in [0.1, 0.15) is 72.5 Å². The van der Waals surface area contributed by atoms with Crippen LogP contribution >= 0.6 is 11.5 Å². The predicted molar refractivity (Wildman–Crippen MR) is 129 cm³/mol. The number of benzene rings is 1. The first-order valence-corrected chi connectivity index (χ1v) is 12.1. The highest BCUT2D eigenvalue weighted by atomic mass is 32.1. The lowest BCUT2D eigenvalue weighted by Gasteiger charge is -2.31. The number of nitrogens with two attached hydrogens (primary N) is 2. The van der Waals surface area contributed by atoms with E-state index in [9.17, 15) is 14.4 Å². The van der Waals surface area contributed by atoms with Crippen LogP contribution in [0.25, 0.3) is 0 Å². The molecular weight excluding hydrogens is 442 g/mol. The van der Waals surface area contributed by atoms with Gasteiger partial charge in [0.15, 0.2) is 5.69 Å². The van der Waals surface area contributed by atoms with Gasteiger partial charge in [0.2, 0.25) is 5.91 Å². The summed E-state index contributed by atoms with van der Waals surface area (Å²) in [7, 11) is 0. The Morgan fingerprint density at radius 3 is 2.42 bits per heavy atom. The summed E-state index contributed by atoms with van der Waals surface area (Å²) in [6.07, 6.45) is 5.18. The molecule has 1 heterocycles. The number of hydrogen-bond donors (Lipinski definition) is 3. The molecule has 3 amide bonds. The van der Waals surface area contributed by atoms with Gasteiger partial charge in [0, 0.05) is 11.7 Å². The van der Waals surface area contributed by atoms with Gasteiger partial charge in [-0.25, -0.2) is 0 Å². The highest BCUT2D eigenvalue weighted by Crippen LogP contribution is 2.30. The van der Waals surface area contributed by atoms with Crippen LogP contribution in [0.3, 0.4) is 0 Å². The molecule has 9 nitrogen and oxygen atoms in total. The molecule has 0 unspecified atom stereocenters. The van der Waals surface area contributed by atoms with Crippen molar-refractivity contribution in [2.24, 2.45) is 5.73 Å². The third kappa shape index (κ3) is 5.62. The molecule has 1 aliphatic rings. The van der Waals surface area contributed by atoms with Gasteiger partial charge in [-0.15, -0.1) is 0 Å². The van der Waals surface area contributed by atoms with Crippen molar-refractivity contribution in [3.63, 3.8) is 0 Å². The number of amides is 3.